The third-order valence-electron chi connectivity index (χ3n) is 4.71. The molecule has 1 aliphatic rings. The largest absolute Gasteiger partial charge is 0.496 e. The van der Waals surface area contributed by atoms with Crippen LogP contribution in [-0.4, -0.2) is 45.9 Å². The minimum absolute atomic E-state index is 0.0724. The molecule has 1 N–H and O–H groups in total. The number of urea groups is 1. The van der Waals surface area contributed by atoms with Crippen LogP contribution in [0.15, 0.2) is 24.5 Å². The highest BCUT2D eigenvalue weighted by Gasteiger charge is 2.27. The highest BCUT2D eigenvalue weighted by molar-refractivity contribution is 5.89. The van der Waals surface area contributed by atoms with E-state index in [4.69, 9.17) is 4.74 Å². The van der Waals surface area contributed by atoms with E-state index in [0.29, 0.717) is 6.54 Å². The van der Waals surface area contributed by atoms with E-state index in [2.05, 4.69) is 27.0 Å². The van der Waals surface area contributed by atoms with Crippen LogP contribution in [0.25, 0.3) is 0 Å². The van der Waals surface area contributed by atoms with Gasteiger partial charge < -0.3 is 19.5 Å². The van der Waals surface area contributed by atoms with Crippen molar-refractivity contribution in [3.63, 3.8) is 0 Å². The molecule has 1 fully saturated rings. The van der Waals surface area contributed by atoms with Gasteiger partial charge in [-0.2, -0.15) is 0 Å². The van der Waals surface area contributed by atoms with Crippen molar-refractivity contribution >= 4 is 11.7 Å². The molecule has 2 aromatic rings. The number of anilines is 1. The molecule has 134 valence electrons. The number of methoxy groups -OCH3 is 1. The van der Waals surface area contributed by atoms with Crippen molar-refractivity contribution in [1.29, 1.82) is 0 Å². The Morgan fingerprint density at radius 2 is 2.28 bits per heavy atom. The number of hydrogen-bond acceptors (Lipinski definition) is 4. The fourth-order valence-electron chi connectivity index (χ4n) is 3.35. The fourth-order valence-corrected chi connectivity index (χ4v) is 3.35. The standard InChI is InChI=1S/C18H25N5O2/c1-4-22-12-19-21-17(22)14-6-5-9-23(11-14)18(24)20-15-7-8-16(25-3)13(2)10-15/h7-8,10,12,14H,4-6,9,11H2,1-3H3,(H,20,24)/t14-/m0/s1. The molecule has 0 aliphatic carbocycles. The molecule has 7 nitrogen and oxygen atoms in total. The van der Waals surface area contributed by atoms with E-state index in [9.17, 15) is 4.79 Å². The highest BCUT2D eigenvalue weighted by Crippen LogP contribution is 2.26. The lowest BCUT2D eigenvalue weighted by Crippen LogP contribution is -2.42. The molecule has 2 amide bonds. The number of rotatable bonds is 4. The van der Waals surface area contributed by atoms with Crippen molar-refractivity contribution < 1.29 is 9.53 Å². The molecule has 1 atom stereocenters. The summed E-state index contributed by atoms with van der Waals surface area (Å²) >= 11 is 0. The summed E-state index contributed by atoms with van der Waals surface area (Å²) in [4.78, 5) is 14.5. The van der Waals surface area contributed by atoms with Crippen molar-refractivity contribution in [2.45, 2.75) is 39.2 Å². The number of amides is 2. The van der Waals surface area contributed by atoms with Crippen molar-refractivity contribution in [1.82, 2.24) is 19.7 Å². The minimum atomic E-state index is -0.0724. The summed E-state index contributed by atoms with van der Waals surface area (Å²) in [7, 11) is 1.64. The van der Waals surface area contributed by atoms with E-state index in [-0.39, 0.29) is 11.9 Å². The Hall–Kier alpha value is -2.57. The summed E-state index contributed by atoms with van der Waals surface area (Å²) in [5.41, 5.74) is 1.77. The van der Waals surface area contributed by atoms with Gasteiger partial charge in [-0.1, -0.05) is 0 Å². The van der Waals surface area contributed by atoms with Gasteiger partial charge in [0, 0.05) is 31.2 Å². The summed E-state index contributed by atoms with van der Waals surface area (Å²) in [6.07, 6.45) is 3.76. The van der Waals surface area contributed by atoms with Gasteiger partial charge in [0.2, 0.25) is 0 Å². The van der Waals surface area contributed by atoms with E-state index < -0.39 is 0 Å². The van der Waals surface area contributed by atoms with Crippen LogP contribution in [0.4, 0.5) is 10.5 Å². The van der Waals surface area contributed by atoms with Gasteiger partial charge in [0.05, 0.1) is 7.11 Å². The second-order valence-electron chi connectivity index (χ2n) is 6.37. The maximum atomic E-state index is 12.6. The number of carbonyl (C=O) groups is 1. The van der Waals surface area contributed by atoms with Crippen LogP contribution in [0.5, 0.6) is 5.75 Å². The number of benzene rings is 1. The number of nitrogens with one attached hydrogen (secondary N) is 1. The van der Waals surface area contributed by atoms with E-state index in [0.717, 1.165) is 48.8 Å². The Kier molecular flexibility index (Phi) is 5.21. The third kappa shape index (κ3) is 3.75. The second kappa shape index (κ2) is 7.55. The van der Waals surface area contributed by atoms with Gasteiger partial charge in [-0.3, -0.25) is 0 Å². The van der Waals surface area contributed by atoms with Crippen molar-refractivity contribution in [2.75, 3.05) is 25.5 Å². The van der Waals surface area contributed by atoms with Crippen LogP contribution in [0, 0.1) is 6.92 Å². The summed E-state index contributed by atoms with van der Waals surface area (Å²) in [6, 6.07) is 5.58. The van der Waals surface area contributed by atoms with Gasteiger partial charge >= 0.3 is 6.03 Å². The molecule has 0 spiro atoms. The molecular formula is C18H25N5O2. The molecule has 0 saturated carbocycles. The first-order valence-corrected chi connectivity index (χ1v) is 8.70. The van der Waals surface area contributed by atoms with E-state index in [1.165, 1.54) is 0 Å². The fraction of sp³-hybridized carbons (Fsp3) is 0.500. The molecule has 0 radical (unpaired) electrons. The molecule has 1 aliphatic heterocycles. The molecule has 1 aromatic carbocycles. The quantitative estimate of drug-likeness (QED) is 0.926. The van der Waals surface area contributed by atoms with E-state index in [1.807, 2.05) is 30.0 Å². The molecule has 1 saturated heterocycles. The second-order valence-corrected chi connectivity index (χ2v) is 6.37. The predicted molar refractivity (Wildman–Crippen MR) is 96.0 cm³/mol. The van der Waals surface area contributed by atoms with Gasteiger partial charge in [0.1, 0.15) is 17.9 Å². The normalized spacial score (nSPS) is 17.4. The Bertz CT molecular complexity index is 743. The Morgan fingerprint density at radius 3 is 3.00 bits per heavy atom. The molecule has 1 aromatic heterocycles. The lowest BCUT2D eigenvalue weighted by Gasteiger charge is -2.32. The lowest BCUT2D eigenvalue weighted by atomic mass is 9.97. The molecule has 0 bridgehead atoms. The Balaban J connectivity index is 1.67. The number of piperidine rings is 1. The number of aryl methyl sites for hydroxylation is 2. The monoisotopic (exact) mass is 343 g/mol. The van der Waals surface area contributed by atoms with E-state index >= 15 is 0 Å². The molecule has 0 unspecified atom stereocenters. The average molecular weight is 343 g/mol. The van der Waals surface area contributed by atoms with Crippen LogP contribution in [0.2, 0.25) is 0 Å². The summed E-state index contributed by atoms with van der Waals surface area (Å²) in [5, 5.41) is 11.3. The zero-order valence-corrected chi connectivity index (χ0v) is 15.0. The summed E-state index contributed by atoms with van der Waals surface area (Å²) < 4.78 is 7.31. The molecule has 3 rings (SSSR count). The topological polar surface area (TPSA) is 72.3 Å². The zero-order valence-electron chi connectivity index (χ0n) is 15.0. The average Bonchev–Trinajstić information content (AvgIpc) is 3.11. The highest BCUT2D eigenvalue weighted by atomic mass is 16.5. The number of nitrogens with zero attached hydrogens (tertiary/aromatic N) is 4. The number of carbonyl (C=O) groups excluding carboxylic acids is 1. The molecule has 2 heterocycles. The van der Waals surface area contributed by atoms with Gasteiger partial charge in [-0.05, 0) is 50.5 Å². The number of aromatic nitrogens is 3. The maximum Gasteiger partial charge on any atom is 0.321 e. The van der Waals surface area contributed by atoms with Crippen LogP contribution >= 0.6 is 0 Å². The van der Waals surface area contributed by atoms with Crippen LogP contribution in [-0.2, 0) is 6.54 Å². The molecular weight excluding hydrogens is 318 g/mol. The first-order valence-electron chi connectivity index (χ1n) is 8.70. The third-order valence-corrected chi connectivity index (χ3v) is 4.71. The molecule has 7 heteroatoms. The van der Waals surface area contributed by atoms with Gasteiger partial charge in [-0.15, -0.1) is 10.2 Å². The predicted octanol–water partition coefficient (Wildman–Crippen LogP) is 3.03. The van der Waals surface area contributed by atoms with Crippen molar-refractivity contribution in [3.8, 4) is 5.75 Å². The van der Waals surface area contributed by atoms with Gasteiger partial charge in [0.15, 0.2) is 0 Å². The molecule has 25 heavy (non-hydrogen) atoms. The van der Waals surface area contributed by atoms with Crippen LogP contribution in [0.1, 0.15) is 37.1 Å². The minimum Gasteiger partial charge on any atom is -0.496 e. The first kappa shape index (κ1) is 17.3. The number of ether oxygens (including phenoxy) is 1. The van der Waals surface area contributed by atoms with Crippen LogP contribution in [0.3, 0.4) is 0 Å². The lowest BCUT2D eigenvalue weighted by molar-refractivity contribution is 0.190. The smallest absolute Gasteiger partial charge is 0.321 e. The Labute approximate surface area is 148 Å². The zero-order chi connectivity index (χ0) is 17.8. The maximum absolute atomic E-state index is 12.6. The van der Waals surface area contributed by atoms with Gasteiger partial charge in [0.25, 0.3) is 0 Å². The van der Waals surface area contributed by atoms with Crippen molar-refractivity contribution in [3.05, 3.63) is 35.9 Å². The Morgan fingerprint density at radius 1 is 1.44 bits per heavy atom. The van der Waals surface area contributed by atoms with Gasteiger partial charge in [-0.25, -0.2) is 4.79 Å². The van der Waals surface area contributed by atoms with Crippen LogP contribution < -0.4 is 10.1 Å². The summed E-state index contributed by atoms with van der Waals surface area (Å²) in [6.45, 7) is 6.31. The van der Waals surface area contributed by atoms with Crippen molar-refractivity contribution in [2.24, 2.45) is 0 Å². The number of hydrogen-bond donors (Lipinski definition) is 1. The first-order chi connectivity index (χ1) is 12.1. The summed E-state index contributed by atoms with van der Waals surface area (Å²) in [5.74, 6) is 2.02. The van der Waals surface area contributed by atoms with E-state index in [1.54, 1.807) is 13.4 Å². The SMILES string of the molecule is CCn1cnnc1[C@H]1CCCN(C(=O)Nc2ccc(OC)c(C)c2)C1. The number of likely N-dealkylation sites (tertiary alicyclic amines) is 1.